The summed E-state index contributed by atoms with van der Waals surface area (Å²) in [4.78, 5) is 0. The fraction of sp³-hybridized carbons (Fsp3) is 1.00. The van der Waals surface area contributed by atoms with Crippen molar-refractivity contribution in [1.82, 2.24) is 0 Å². The summed E-state index contributed by atoms with van der Waals surface area (Å²) in [6.45, 7) is 4.45. The fourth-order valence-electron chi connectivity index (χ4n) is 1.19. The molecule has 0 nitrogen and oxygen atoms in total. The number of alkyl halides is 1. The molecule has 0 saturated heterocycles. The van der Waals surface area contributed by atoms with Crippen molar-refractivity contribution in [3.8, 4) is 0 Å². The number of unbranched alkanes of at least 4 members (excludes halogenated alkanes) is 3. The standard InChI is InChI=1S/C10H21Cl/c1-3-5-7-9-10(11)8-6-4-2/h10H,3-9H2,1-2H3. The second kappa shape index (κ2) is 8.39. The van der Waals surface area contributed by atoms with E-state index < -0.39 is 0 Å². The molecular weight excluding hydrogens is 156 g/mol. The molecule has 0 aromatic heterocycles. The Labute approximate surface area is 76.3 Å². The maximum atomic E-state index is 6.10. The highest BCUT2D eigenvalue weighted by Crippen LogP contribution is 2.14. The van der Waals surface area contributed by atoms with Crippen LogP contribution in [0.3, 0.4) is 0 Å². The Morgan fingerprint density at radius 2 is 1.45 bits per heavy atom. The molecular formula is C10H21Cl. The molecule has 0 aromatic carbocycles. The van der Waals surface area contributed by atoms with E-state index in [1.54, 1.807) is 0 Å². The summed E-state index contributed by atoms with van der Waals surface area (Å²) in [6.07, 6.45) is 8.95. The van der Waals surface area contributed by atoms with Crippen molar-refractivity contribution >= 4 is 11.6 Å². The van der Waals surface area contributed by atoms with Gasteiger partial charge in [-0.05, 0) is 12.8 Å². The van der Waals surface area contributed by atoms with Gasteiger partial charge in [0.05, 0.1) is 0 Å². The van der Waals surface area contributed by atoms with E-state index in [1.165, 1.54) is 44.9 Å². The Hall–Kier alpha value is 0.290. The first-order chi connectivity index (χ1) is 5.31. The molecule has 0 aliphatic heterocycles. The summed E-state index contributed by atoms with van der Waals surface area (Å²) in [5.74, 6) is 0. The van der Waals surface area contributed by atoms with Gasteiger partial charge in [-0.2, -0.15) is 0 Å². The molecule has 0 aliphatic rings. The van der Waals surface area contributed by atoms with Gasteiger partial charge in [0, 0.05) is 5.38 Å². The van der Waals surface area contributed by atoms with Crippen LogP contribution >= 0.6 is 11.6 Å². The van der Waals surface area contributed by atoms with E-state index in [2.05, 4.69) is 13.8 Å². The van der Waals surface area contributed by atoms with E-state index in [0.29, 0.717) is 5.38 Å². The van der Waals surface area contributed by atoms with Crippen LogP contribution < -0.4 is 0 Å². The van der Waals surface area contributed by atoms with Crippen molar-refractivity contribution in [2.75, 3.05) is 0 Å². The number of rotatable bonds is 7. The van der Waals surface area contributed by atoms with E-state index in [0.717, 1.165) is 0 Å². The molecule has 0 N–H and O–H groups in total. The monoisotopic (exact) mass is 176 g/mol. The van der Waals surface area contributed by atoms with Gasteiger partial charge >= 0.3 is 0 Å². The van der Waals surface area contributed by atoms with Gasteiger partial charge in [-0.15, -0.1) is 11.6 Å². The summed E-state index contributed by atoms with van der Waals surface area (Å²) in [7, 11) is 0. The van der Waals surface area contributed by atoms with Gasteiger partial charge in [0.25, 0.3) is 0 Å². The second-order valence-electron chi connectivity index (χ2n) is 3.24. The van der Waals surface area contributed by atoms with Crippen LogP contribution in [0.2, 0.25) is 0 Å². The van der Waals surface area contributed by atoms with Crippen LogP contribution in [0.1, 0.15) is 58.8 Å². The van der Waals surface area contributed by atoms with Gasteiger partial charge in [-0.3, -0.25) is 0 Å². The molecule has 0 heterocycles. The first kappa shape index (κ1) is 11.3. The molecule has 0 saturated carbocycles. The Morgan fingerprint density at radius 3 is 2.00 bits per heavy atom. The third-order valence-electron chi connectivity index (χ3n) is 1.99. The van der Waals surface area contributed by atoms with Crippen LogP contribution in [0.15, 0.2) is 0 Å². The molecule has 0 aliphatic carbocycles. The molecule has 68 valence electrons. The Balaban J connectivity index is 3.02. The number of hydrogen-bond donors (Lipinski definition) is 0. The summed E-state index contributed by atoms with van der Waals surface area (Å²) in [6, 6.07) is 0. The van der Waals surface area contributed by atoms with Crippen LogP contribution in [0.5, 0.6) is 0 Å². The first-order valence-corrected chi connectivity index (χ1v) is 5.39. The lowest BCUT2D eigenvalue weighted by Gasteiger charge is -2.06. The number of hydrogen-bond acceptors (Lipinski definition) is 0. The van der Waals surface area contributed by atoms with Crippen molar-refractivity contribution in [3.63, 3.8) is 0 Å². The smallest absolute Gasteiger partial charge is 0.0336 e. The zero-order valence-corrected chi connectivity index (χ0v) is 8.66. The summed E-state index contributed by atoms with van der Waals surface area (Å²) in [5, 5.41) is 0.446. The predicted molar refractivity (Wildman–Crippen MR) is 53.3 cm³/mol. The molecule has 1 atom stereocenters. The van der Waals surface area contributed by atoms with Gasteiger partial charge in [0.15, 0.2) is 0 Å². The lowest BCUT2D eigenvalue weighted by Crippen LogP contribution is -1.97. The van der Waals surface area contributed by atoms with Crippen LogP contribution in [0.4, 0.5) is 0 Å². The molecule has 0 bridgehead atoms. The third-order valence-corrected chi connectivity index (χ3v) is 2.43. The van der Waals surface area contributed by atoms with Crippen molar-refractivity contribution in [1.29, 1.82) is 0 Å². The Morgan fingerprint density at radius 1 is 0.909 bits per heavy atom. The zero-order chi connectivity index (χ0) is 8.53. The Bertz CT molecular complexity index is 71.3. The largest absolute Gasteiger partial charge is 0.123 e. The van der Waals surface area contributed by atoms with Crippen molar-refractivity contribution in [2.45, 2.75) is 64.2 Å². The minimum absolute atomic E-state index is 0.446. The molecule has 11 heavy (non-hydrogen) atoms. The van der Waals surface area contributed by atoms with Crippen molar-refractivity contribution in [3.05, 3.63) is 0 Å². The van der Waals surface area contributed by atoms with Gasteiger partial charge in [-0.1, -0.05) is 46.0 Å². The van der Waals surface area contributed by atoms with Crippen LogP contribution in [-0.2, 0) is 0 Å². The average molecular weight is 177 g/mol. The predicted octanol–water partition coefficient (Wildman–Crippen LogP) is 4.36. The normalized spacial score (nSPS) is 13.4. The summed E-state index contributed by atoms with van der Waals surface area (Å²) < 4.78 is 0. The minimum atomic E-state index is 0.446. The molecule has 0 fully saturated rings. The van der Waals surface area contributed by atoms with Gasteiger partial charge in [-0.25, -0.2) is 0 Å². The van der Waals surface area contributed by atoms with E-state index in [9.17, 15) is 0 Å². The summed E-state index contributed by atoms with van der Waals surface area (Å²) >= 11 is 6.10. The zero-order valence-electron chi connectivity index (χ0n) is 7.91. The topological polar surface area (TPSA) is 0 Å². The second-order valence-corrected chi connectivity index (χ2v) is 3.85. The molecule has 0 aromatic rings. The lowest BCUT2D eigenvalue weighted by molar-refractivity contribution is 0.592. The van der Waals surface area contributed by atoms with Gasteiger partial charge < -0.3 is 0 Å². The van der Waals surface area contributed by atoms with E-state index in [-0.39, 0.29) is 0 Å². The van der Waals surface area contributed by atoms with Crippen LogP contribution in [0.25, 0.3) is 0 Å². The molecule has 1 unspecified atom stereocenters. The van der Waals surface area contributed by atoms with Crippen LogP contribution in [-0.4, -0.2) is 5.38 Å². The average Bonchev–Trinajstić information content (AvgIpc) is 2.01. The maximum Gasteiger partial charge on any atom is 0.0336 e. The Kier molecular flexibility index (Phi) is 8.61. The quantitative estimate of drug-likeness (QED) is 0.399. The summed E-state index contributed by atoms with van der Waals surface area (Å²) in [5.41, 5.74) is 0. The molecule has 0 radical (unpaired) electrons. The van der Waals surface area contributed by atoms with E-state index in [4.69, 9.17) is 11.6 Å². The van der Waals surface area contributed by atoms with Crippen LogP contribution in [0, 0.1) is 0 Å². The van der Waals surface area contributed by atoms with E-state index in [1.807, 2.05) is 0 Å². The molecule has 0 amide bonds. The van der Waals surface area contributed by atoms with E-state index >= 15 is 0 Å². The third kappa shape index (κ3) is 8.19. The van der Waals surface area contributed by atoms with Crippen molar-refractivity contribution < 1.29 is 0 Å². The highest BCUT2D eigenvalue weighted by atomic mass is 35.5. The number of halogens is 1. The van der Waals surface area contributed by atoms with Gasteiger partial charge in [0.1, 0.15) is 0 Å². The van der Waals surface area contributed by atoms with Gasteiger partial charge in [0.2, 0.25) is 0 Å². The first-order valence-electron chi connectivity index (χ1n) is 4.95. The van der Waals surface area contributed by atoms with Crippen molar-refractivity contribution in [2.24, 2.45) is 0 Å². The highest BCUT2D eigenvalue weighted by Gasteiger charge is 2.01. The fourth-order valence-corrected chi connectivity index (χ4v) is 1.49. The maximum absolute atomic E-state index is 6.10. The SMILES string of the molecule is CCCCCC(Cl)CCCC. The highest BCUT2D eigenvalue weighted by molar-refractivity contribution is 6.20. The molecule has 1 heteroatoms. The minimum Gasteiger partial charge on any atom is -0.123 e. The molecule has 0 spiro atoms. The lowest BCUT2D eigenvalue weighted by atomic mass is 10.1. The molecule has 0 rings (SSSR count).